The quantitative estimate of drug-likeness (QED) is 0.721. The van der Waals surface area contributed by atoms with Gasteiger partial charge in [-0.3, -0.25) is 4.79 Å². The van der Waals surface area contributed by atoms with Crippen molar-refractivity contribution < 1.29 is 4.79 Å². The second-order valence-corrected chi connectivity index (χ2v) is 4.56. The first-order valence-electron chi connectivity index (χ1n) is 5.07. The van der Waals surface area contributed by atoms with Crippen LogP contribution in [0.4, 0.5) is 0 Å². The van der Waals surface area contributed by atoms with Gasteiger partial charge in [-0.2, -0.15) is 0 Å². The third-order valence-corrected chi connectivity index (χ3v) is 3.27. The fraction of sp³-hybridized carbons (Fsp3) is 0.900. The smallest absolute Gasteiger partial charge is 0.223 e. The predicted molar refractivity (Wildman–Crippen MR) is 60.1 cm³/mol. The molecular formula is C10H20BrNO. The van der Waals surface area contributed by atoms with Gasteiger partial charge in [-0.1, -0.05) is 36.7 Å². The molecule has 0 saturated carbocycles. The topological polar surface area (TPSA) is 29.1 Å². The van der Waals surface area contributed by atoms with Gasteiger partial charge in [0.1, 0.15) is 0 Å². The molecule has 0 radical (unpaired) electrons. The lowest BCUT2D eigenvalue weighted by atomic mass is 10.0. The van der Waals surface area contributed by atoms with Crippen molar-refractivity contribution in [2.45, 2.75) is 44.9 Å². The van der Waals surface area contributed by atoms with Gasteiger partial charge in [0.05, 0.1) is 0 Å². The van der Waals surface area contributed by atoms with Gasteiger partial charge in [-0.15, -0.1) is 0 Å². The third kappa shape index (κ3) is 5.29. The standard InChI is InChI=1S/C10H20BrNO/c1-4-8(5-2)10(13)12-7-9(11)6-3/h8-9H,4-7H2,1-3H3,(H,12,13). The summed E-state index contributed by atoms with van der Waals surface area (Å²) in [7, 11) is 0. The molecule has 0 aromatic carbocycles. The van der Waals surface area contributed by atoms with Crippen molar-refractivity contribution >= 4 is 21.8 Å². The Labute approximate surface area is 89.6 Å². The lowest BCUT2D eigenvalue weighted by Gasteiger charge is -2.14. The molecule has 0 fully saturated rings. The number of rotatable bonds is 6. The molecule has 0 bridgehead atoms. The van der Waals surface area contributed by atoms with Crippen molar-refractivity contribution in [3.63, 3.8) is 0 Å². The first-order valence-corrected chi connectivity index (χ1v) is 5.98. The normalized spacial score (nSPS) is 13.0. The summed E-state index contributed by atoms with van der Waals surface area (Å²) >= 11 is 3.48. The van der Waals surface area contributed by atoms with E-state index in [-0.39, 0.29) is 11.8 Å². The van der Waals surface area contributed by atoms with Crippen molar-refractivity contribution in [3.05, 3.63) is 0 Å². The molecule has 0 aliphatic heterocycles. The zero-order valence-electron chi connectivity index (χ0n) is 8.77. The Hall–Kier alpha value is -0.0500. The Kier molecular flexibility index (Phi) is 7.33. The lowest BCUT2D eigenvalue weighted by Crippen LogP contribution is -2.34. The molecule has 0 aliphatic carbocycles. The molecule has 1 amide bonds. The Morgan fingerprint density at radius 3 is 2.15 bits per heavy atom. The minimum atomic E-state index is 0.191. The molecule has 13 heavy (non-hydrogen) atoms. The maximum absolute atomic E-state index is 11.5. The van der Waals surface area contributed by atoms with Crippen molar-refractivity contribution in [2.75, 3.05) is 6.54 Å². The van der Waals surface area contributed by atoms with Crippen LogP contribution in [0.5, 0.6) is 0 Å². The van der Waals surface area contributed by atoms with Crippen LogP contribution in [-0.4, -0.2) is 17.3 Å². The number of hydrogen-bond acceptors (Lipinski definition) is 1. The minimum Gasteiger partial charge on any atom is -0.355 e. The summed E-state index contributed by atoms with van der Waals surface area (Å²) in [4.78, 5) is 11.9. The lowest BCUT2D eigenvalue weighted by molar-refractivity contribution is -0.125. The van der Waals surface area contributed by atoms with E-state index in [0.717, 1.165) is 25.8 Å². The molecule has 1 N–H and O–H groups in total. The van der Waals surface area contributed by atoms with Crippen LogP contribution in [0.15, 0.2) is 0 Å². The number of amides is 1. The number of hydrogen-bond donors (Lipinski definition) is 1. The number of carbonyl (C=O) groups is 1. The van der Waals surface area contributed by atoms with E-state index in [1.165, 1.54) is 0 Å². The summed E-state index contributed by atoms with van der Waals surface area (Å²) in [5.41, 5.74) is 0. The second kappa shape index (κ2) is 7.36. The molecule has 0 rings (SSSR count). The van der Waals surface area contributed by atoms with Crippen LogP contribution in [0.25, 0.3) is 0 Å². The number of alkyl halides is 1. The first kappa shape index (κ1) is 12.9. The number of carbonyl (C=O) groups excluding carboxylic acids is 1. The van der Waals surface area contributed by atoms with Crippen LogP contribution >= 0.6 is 15.9 Å². The highest BCUT2D eigenvalue weighted by Gasteiger charge is 2.14. The van der Waals surface area contributed by atoms with Gasteiger partial charge < -0.3 is 5.32 Å². The van der Waals surface area contributed by atoms with Crippen molar-refractivity contribution in [1.82, 2.24) is 5.32 Å². The van der Waals surface area contributed by atoms with E-state index in [1.54, 1.807) is 0 Å². The molecule has 0 saturated heterocycles. The Morgan fingerprint density at radius 1 is 1.23 bits per heavy atom. The average Bonchev–Trinajstić information content (AvgIpc) is 2.16. The fourth-order valence-corrected chi connectivity index (χ4v) is 1.32. The Balaban J connectivity index is 3.72. The molecule has 1 unspecified atom stereocenters. The van der Waals surface area contributed by atoms with Crippen LogP contribution in [0.2, 0.25) is 0 Å². The molecule has 0 spiro atoms. The highest BCUT2D eigenvalue weighted by molar-refractivity contribution is 9.09. The average molecular weight is 250 g/mol. The zero-order valence-corrected chi connectivity index (χ0v) is 10.4. The summed E-state index contributed by atoms with van der Waals surface area (Å²) in [6, 6.07) is 0. The SMILES string of the molecule is CCC(Br)CNC(=O)C(CC)CC. The van der Waals surface area contributed by atoms with Gasteiger partial charge in [-0.25, -0.2) is 0 Å². The van der Waals surface area contributed by atoms with E-state index in [2.05, 4.69) is 42.0 Å². The van der Waals surface area contributed by atoms with E-state index in [1.807, 2.05) is 0 Å². The Morgan fingerprint density at radius 2 is 1.77 bits per heavy atom. The number of halogens is 1. The molecular weight excluding hydrogens is 230 g/mol. The van der Waals surface area contributed by atoms with Gasteiger partial charge in [0, 0.05) is 17.3 Å². The van der Waals surface area contributed by atoms with Crippen molar-refractivity contribution in [2.24, 2.45) is 5.92 Å². The van der Waals surface area contributed by atoms with Gasteiger partial charge in [0.2, 0.25) is 5.91 Å². The monoisotopic (exact) mass is 249 g/mol. The zero-order chi connectivity index (χ0) is 10.3. The molecule has 2 nitrogen and oxygen atoms in total. The largest absolute Gasteiger partial charge is 0.355 e. The molecule has 0 aliphatic rings. The van der Waals surface area contributed by atoms with Gasteiger partial charge >= 0.3 is 0 Å². The van der Waals surface area contributed by atoms with Crippen molar-refractivity contribution in [3.8, 4) is 0 Å². The molecule has 0 aromatic heterocycles. The maximum Gasteiger partial charge on any atom is 0.223 e. The van der Waals surface area contributed by atoms with E-state index in [0.29, 0.717) is 4.83 Å². The van der Waals surface area contributed by atoms with E-state index < -0.39 is 0 Å². The Bertz CT molecular complexity index is 146. The summed E-state index contributed by atoms with van der Waals surface area (Å²) in [5.74, 6) is 0.388. The second-order valence-electron chi connectivity index (χ2n) is 3.26. The van der Waals surface area contributed by atoms with Crippen LogP contribution < -0.4 is 5.32 Å². The first-order chi connectivity index (χ1) is 6.15. The van der Waals surface area contributed by atoms with Crippen LogP contribution in [-0.2, 0) is 4.79 Å². The van der Waals surface area contributed by atoms with Gasteiger partial charge in [0.25, 0.3) is 0 Å². The van der Waals surface area contributed by atoms with Crippen molar-refractivity contribution in [1.29, 1.82) is 0 Å². The maximum atomic E-state index is 11.5. The summed E-state index contributed by atoms with van der Waals surface area (Å²) in [6.07, 6.45) is 2.91. The summed E-state index contributed by atoms with van der Waals surface area (Å²) in [6.45, 7) is 6.95. The van der Waals surface area contributed by atoms with E-state index in [9.17, 15) is 4.79 Å². The predicted octanol–water partition coefficient (Wildman–Crippen LogP) is 2.71. The molecule has 78 valence electrons. The minimum absolute atomic E-state index is 0.191. The highest BCUT2D eigenvalue weighted by Crippen LogP contribution is 2.08. The van der Waals surface area contributed by atoms with Gasteiger partial charge in [0.15, 0.2) is 0 Å². The third-order valence-electron chi connectivity index (χ3n) is 2.30. The highest BCUT2D eigenvalue weighted by atomic mass is 79.9. The summed E-state index contributed by atoms with van der Waals surface area (Å²) in [5, 5.41) is 2.95. The van der Waals surface area contributed by atoms with E-state index >= 15 is 0 Å². The summed E-state index contributed by atoms with van der Waals surface area (Å²) < 4.78 is 0. The molecule has 0 heterocycles. The van der Waals surface area contributed by atoms with Gasteiger partial charge in [-0.05, 0) is 19.3 Å². The fourth-order valence-electron chi connectivity index (χ4n) is 1.16. The molecule has 1 atom stereocenters. The van der Waals surface area contributed by atoms with Crippen LogP contribution in [0.3, 0.4) is 0 Å². The molecule has 3 heteroatoms. The van der Waals surface area contributed by atoms with E-state index in [4.69, 9.17) is 0 Å². The molecule has 0 aromatic rings. The number of nitrogens with one attached hydrogen (secondary N) is 1. The van der Waals surface area contributed by atoms with Crippen LogP contribution in [0, 0.1) is 5.92 Å². The van der Waals surface area contributed by atoms with Crippen LogP contribution in [0.1, 0.15) is 40.0 Å².